The number of hydrogen-bond donors (Lipinski definition) is 5. The number of H-pyrrole nitrogens is 1. The fourth-order valence-corrected chi connectivity index (χ4v) is 7.20. The minimum absolute atomic E-state index is 0. The quantitative estimate of drug-likeness (QED) is 0.0683. The van der Waals surface area contributed by atoms with Gasteiger partial charge in [-0.05, 0) is 40.1 Å². The van der Waals surface area contributed by atoms with Gasteiger partial charge in [-0.25, -0.2) is 14.5 Å². The number of aliphatic carboxylic acids is 1. The molecule has 3 aromatic rings. The third-order valence-electron chi connectivity index (χ3n) is 7.03. The minimum atomic E-state index is -1.59. The third-order valence-corrected chi connectivity index (χ3v) is 9.47. The first kappa shape index (κ1) is 35.7. The number of aromatic hydroxyl groups is 1. The summed E-state index contributed by atoms with van der Waals surface area (Å²) < 4.78 is 1.42. The van der Waals surface area contributed by atoms with Gasteiger partial charge in [0, 0.05) is 25.1 Å². The molecule has 0 aliphatic carbocycles. The molecule has 1 aromatic carbocycles. The predicted molar refractivity (Wildman–Crippen MR) is 163 cm³/mol. The second kappa shape index (κ2) is 15.2. The van der Waals surface area contributed by atoms with Crippen molar-refractivity contribution in [3.05, 3.63) is 57.6 Å². The van der Waals surface area contributed by atoms with Crippen LogP contribution in [0.25, 0.3) is 0 Å². The zero-order valence-corrected chi connectivity index (χ0v) is 29.0. The molecule has 2 unspecified atom stereocenters. The van der Waals surface area contributed by atoms with Crippen LogP contribution in [0.4, 0.5) is 16.4 Å². The number of carbonyl (C=O) groups excluding carboxylic acids is 4. The number of thioether (sulfide) groups is 2. The summed E-state index contributed by atoms with van der Waals surface area (Å²) in [6, 6.07) is 1.30. The number of phenolic OH excluding ortho intramolecular Hbond substituents is 1. The molecule has 0 bridgehead atoms. The van der Waals surface area contributed by atoms with Gasteiger partial charge in [-0.15, -0.1) is 16.9 Å². The number of amides is 4. The molecule has 6 N–H and O–H groups in total. The summed E-state index contributed by atoms with van der Waals surface area (Å²) in [6.07, 6.45) is 1.84. The molecule has 1 saturated heterocycles. The molecule has 18 nitrogen and oxygen atoms in total. The van der Waals surface area contributed by atoms with Crippen LogP contribution in [0.1, 0.15) is 24.9 Å². The van der Waals surface area contributed by atoms with Gasteiger partial charge in [-0.3, -0.25) is 29.2 Å². The number of carboxylic acids is 1. The normalized spacial score (nSPS) is 17.6. The van der Waals surface area contributed by atoms with E-state index in [-0.39, 0.29) is 69.7 Å². The second-order valence-corrected chi connectivity index (χ2v) is 12.1. The number of nitrogens with two attached hydrogens (primary N) is 1. The number of nitrogens with one attached hydrogen (secondary N) is 3. The fourth-order valence-electron chi connectivity index (χ4n) is 4.86. The first-order valence-corrected chi connectivity index (χ1v) is 15.8. The van der Waals surface area contributed by atoms with Gasteiger partial charge in [0.2, 0.25) is 17.0 Å². The van der Waals surface area contributed by atoms with Crippen molar-refractivity contribution in [1.29, 1.82) is 0 Å². The predicted octanol–water partition coefficient (Wildman–Crippen LogP) is -4.35. The number of carbonyl (C=O) groups is 4. The Bertz CT molecular complexity index is 1770. The number of tetrazole rings is 1. The van der Waals surface area contributed by atoms with Crippen LogP contribution in [0.5, 0.6) is 5.75 Å². The Morgan fingerprint density at radius 1 is 1.28 bits per heavy atom. The van der Waals surface area contributed by atoms with Crippen molar-refractivity contribution in [2.24, 2.45) is 12.8 Å². The number of β-lactam (4-membered cyclic amide) rings is 1. The van der Waals surface area contributed by atoms with Crippen molar-refractivity contribution in [3.8, 4) is 5.75 Å². The van der Waals surface area contributed by atoms with Gasteiger partial charge in [-0.1, -0.05) is 30.8 Å². The van der Waals surface area contributed by atoms with E-state index in [4.69, 9.17) is 5.73 Å². The minimum Gasteiger partial charge on any atom is -0.543 e. The van der Waals surface area contributed by atoms with Crippen LogP contribution in [-0.2, 0) is 21.4 Å². The van der Waals surface area contributed by atoms with Crippen LogP contribution in [0.3, 0.4) is 0 Å². The summed E-state index contributed by atoms with van der Waals surface area (Å²) in [5.74, 6) is -2.78. The average Bonchev–Trinajstić information content (AvgIpc) is 3.44. The smallest absolute Gasteiger partial charge is 0.543 e. The number of hydrogen-bond acceptors (Lipinski definition) is 14. The van der Waals surface area contributed by atoms with E-state index >= 15 is 0 Å². The van der Waals surface area contributed by atoms with Crippen LogP contribution < -0.4 is 61.5 Å². The molecule has 3 atom stereocenters. The molecule has 1 fully saturated rings. The van der Waals surface area contributed by atoms with Gasteiger partial charge >= 0.3 is 35.6 Å². The number of phenols is 1. The van der Waals surface area contributed by atoms with Gasteiger partial charge in [-0.2, -0.15) is 0 Å². The standard InChI is InChI=1S/C26H29N11O7S2.Na/c1-3-8-28-25-29-9-15(19(39)31-25)36(24(27)44)17(12-4-6-14(38)7-5-12)20(40)30-16-21(41)37-18(23(42)43)13(10-45-22(16)37)11-46-26-32-33-34-35(26)2;/h4-7,9,16-17,22,38H,3,8,10-11H2,1-2H3,(H2,27,44)(H,30,40)(H,42,43)(H2,28,29,31,39);/q;+1/p-1/t16?,17?,22-;/m1./s1. The van der Waals surface area contributed by atoms with Crippen LogP contribution in [-0.4, -0.2) is 93.5 Å². The van der Waals surface area contributed by atoms with E-state index in [1.165, 1.54) is 52.5 Å². The zero-order chi connectivity index (χ0) is 33.1. The molecule has 2 aliphatic rings. The maximum absolute atomic E-state index is 13.9. The molecular weight excluding hydrogens is 665 g/mol. The SMILES string of the molecule is CCCNc1ncc(N(C(N)=O)C(C(=O)NC2C(=O)N3C(C(=O)[O-])=C(CSc4nnnn4C)CS[C@H]23)c2ccc(O)cc2)c(=O)[nH]1.[Na+]. The topological polar surface area (TPSA) is 257 Å². The molecule has 4 heterocycles. The number of carboxylic acid groups (broad SMARTS) is 1. The summed E-state index contributed by atoms with van der Waals surface area (Å²) in [7, 11) is 1.63. The number of aryl methyl sites for hydroxylation is 1. The van der Waals surface area contributed by atoms with E-state index in [1.54, 1.807) is 7.05 Å². The van der Waals surface area contributed by atoms with Crippen LogP contribution in [0.15, 0.2) is 51.7 Å². The molecule has 2 aromatic heterocycles. The van der Waals surface area contributed by atoms with Crippen molar-refractivity contribution in [3.63, 3.8) is 0 Å². The maximum atomic E-state index is 13.9. The monoisotopic (exact) mass is 693 g/mol. The van der Waals surface area contributed by atoms with Crippen LogP contribution >= 0.6 is 23.5 Å². The Labute approximate surface area is 297 Å². The number of fused-ring (bicyclic) bond motifs is 1. The van der Waals surface area contributed by atoms with Gasteiger partial charge in [0.25, 0.3) is 11.5 Å². The summed E-state index contributed by atoms with van der Waals surface area (Å²) >= 11 is 2.41. The van der Waals surface area contributed by atoms with Crippen molar-refractivity contribution in [2.75, 3.05) is 28.3 Å². The van der Waals surface area contributed by atoms with Gasteiger partial charge < -0.3 is 31.4 Å². The number of primary amides is 1. The van der Waals surface area contributed by atoms with E-state index in [1.807, 2.05) is 6.92 Å². The molecule has 47 heavy (non-hydrogen) atoms. The molecule has 21 heteroatoms. The van der Waals surface area contributed by atoms with Crippen molar-refractivity contribution >= 4 is 59.0 Å². The molecule has 0 spiro atoms. The fraction of sp³-hybridized carbons (Fsp3) is 0.346. The largest absolute Gasteiger partial charge is 1.00 e. The van der Waals surface area contributed by atoms with Gasteiger partial charge in [0.05, 0.1) is 17.9 Å². The van der Waals surface area contributed by atoms with Crippen LogP contribution in [0, 0.1) is 0 Å². The number of aromatic amines is 1. The summed E-state index contributed by atoms with van der Waals surface area (Å²) in [5, 5.41) is 38.3. The number of urea groups is 1. The Hall–Kier alpha value is -4.11. The molecule has 0 saturated carbocycles. The van der Waals surface area contributed by atoms with E-state index in [2.05, 4.69) is 36.1 Å². The van der Waals surface area contributed by atoms with Crippen molar-refractivity contribution < 1.29 is 58.9 Å². The zero-order valence-electron chi connectivity index (χ0n) is 25.4. The Balaban J connectivity index is 0.00000500. The van der Waals surface area contributed by atoms with Crippen molar-refractivity contribution in [2.45, 2.75) is 36.0 Å². The molecule has 0 radical (unpaired) electrons. The Kier molecular flexibility index (Phi) is 11.6. The molecule has 242 valence electrons. The van der Waals surface area contributed by atoms with Gasteiger partial charge in [0.1, 0.15) is 28.9 Å². The third kappa shape index (κ3) is 7.40. The average molecular weight is 694 g/mol. The summed E-state index contributed by atoms with van der Waals surface area (Å²) in [6.45, 7) is 2.43. The van der Waals surface area contributed by atoms with E-state index in [9.17, 15) is 34.2 Å². The number of rotatable bonds is 12. The summed E-state index contributed by atoms with van der Waals surface area (Å²) in [5.41, 5.74) is 4.84. The van der Waals surface area contributed by atoms with Crippen molar-refractivity contribution in [1.82, 2.24) is 40.4 Å². The second-order valence-electron chi connectivity index (χ2n) is 10.1. The number of aromatic nitrogens is 6. The first-order chi connectivity index (χ1) is 22.0. The number of benzene rings is 1. The van der Waals surface area contributed by atoms with E-state index < -0.39 is 46.8 Å². The molecular formula is C26H28N11NaO7S2. The molecule has 4 amide bonds. The number of nitrogens with zero attached hydrogens (tertiary/aromatic N) is 7. The summed E-state index contributed by atoms with van der Waals surface area (Å²) in [4.78, 5) is 73.8. The van der Waals surface area contributed by atoms with Gasteiger partial charge in [0.15, 0.2) is 0 Å². The maximum Gasteiger partial charge on any atom is 1.00 e. The Morgan fingerprint density at radius 3 is 2.60 bits per heavy atom. The van der Waals surface area contributed by atoms with E-state index in [0.717, 1.165) is 22.4 Å². The van der Waals surface area contributed by atoms with E-state index in [0.29, 0.717) is 17.3 Å². The van der Waals surface area contributed by atoms with Crippen LogP contribution in [0.2, 0.25) is 0 Å². The molecule has 5 rings (SSSR count). The Morgan fingerprint density at radius 2 is 2.00 bits per heavy atom. The first-order valence-electron chi connectivity index (χ1n) is 13.8. The molecule has 2 aliphatic heterocycles. The number of anilines is 2.